The van der Waals surface area contributed by atoms with Crippen LogP contribution in [0.1, 0.15) is 210 Å². The number of nitrogens with two attached hydrogens (primary N) is 6. The van der Waals surface area contributed by atoms with E-state index in [1.807, 2.05) is 20.0 Å². The van der Waals surface area contributed by atoms with Gasteiger partial charge in [-0.3, -0.25) is 87.1 Å². The van der Waals surface area contributed by atoms with Crippen LogP contribution in [0.5, 0.6) is 11.5 Å². The number of aromatic nitrogens is 3. The van der Waals surface area contributed by atoms with Crippen LogP contribution < -0.4 is 82.3 Å². The van der Waals surface area contributed by atoms with Crippen molar-refractivity contribution in [1.82, 2.24) is 62.8 Å². The van der Waals surface area contributed by atoms with Crippen LogP contribution in [0.3, 0.4) is 0 Å². The molecular weight excluding hydrogens is 2030 g/mol. The number of thioether (sulfide) groups is 1. The van der Waals surface area contributed by atoms with Crippen LogP contribution in [0, 0.1) is 29.6 Å². The second-order valence-corrected chi connectivity index (χ2v) is 38.7. The molecule has 0 unspecified atom stereocenters. The van der Waals surface area contributed by atoms with Crippen LogP contribution in [-0.2, 0) is 121 Å². The molecule has 45 heteroatoms. The van der Waals surface area contributed by atoms with E-state index in [0.29, 0.717) is 256 Å². The number of nitrogens with zero attached hydrogens (tertiary/aromatic N) is 5. The van der Waals surface area contributed by atoms with Crippen LogP contribution in [0.4, 0.5) is 0 Å². The lowest BCUT2D eigenvalue weighted by atomic mass is 9.87. The molecule has 1 saturated heterocycles. The Kier molecular flexibility index (Phi) is 70.3. The maximum atomic E-state index is 14.3. The fraction of sp³-hybridized carbons (Fsp3) is 0.700. The molecule has 7 amide bonds. The number of primary amides is 2. The number of phenols is 2. The van der Waals surface area contributed by atoms with E-state index >= 15 is 0 Å². The molecule has 5 rings (SSSR count). The Morgan fingerprint density at radius 3 is 1.54 bits per heavy atom. The number of ketones is 7. The van der Waals surface area contributed by atoms with Gasteiger partial charge < -0.3 is 116 Å². The molecule has 1 aromatic heterocycles. The first-order chi connectivity index (χ1) is 69.8. The number of phenolic OH excluding ortho intramolecular Hbond substituents is 2. The number of carbonyl (C=O) groups is 14. The van der Waals surface area contributed by atoms with Crippen LogP contribution in [0.25, 0.3) is 0 Å². The SMILES string of the molecule is CC[C@H](C)[C@@H]1NC(=O)CCc2cn(nn2)CCCC[C@@H](C(=O)CC[C@@H](CCCN=C(N)N)CN[C@@H](Cc2ccc(O)cc2)C(N)=O)NCC(=O)[C@H](CCCCNC(=O)CCOCCOCCCC(=O)CBr)CCC1=O.NC(=O)[C@H](Cc1ccc(O)cc1)NC[C@H](CCCN=C(N)N)CCC(=O)[C@@H]1CSCC(=O)NCCOCCOCC(=O)NCC[C@@H](CCCCNC(=O)CCOCCOCCCC(=O)CBr)C(=O)CN1. The molecule has 0 radical (unpaired) electrons. The van der Waals surface area contributed by atoms with Crippen LogP contribution >= 0.6 is 43.6 Å². The zero-order valence-corrected chi connectivity index (χ0v) is 88.9. The largest absolute Gasteiger partial charge is 0.508 e. The number of Topliss-reactive ketones (excluding diaryl/α,β-unsaturated/α-hetero) is 7. The standard InChI is InChI=1S/C53H86BrN11O10.C47H78BrN9O12S/c1-3-37(2)51-47(69)22-17-40(11-4-6-25-58-49(71)24-29-75-31-30-74-28-9-12-43(67)33-54)48(70)35-61-44(13-5-7-27-65-36-41(63-64-65)18-23-50(72)62-51)46(68)21-16-39(10-8-26-59-53(56)57)34-60-45(52(55)73)32-38-14-19-42(66)20-15-38;48-28-38(59)7-4-20-66-23-24-67-21-15-43(62)52-16-2-1-6-36-14-18-53-44(63)31-69-26-25-68-22-19-54-45(64)33-70-32-40(57-30-42(36)61)41(60)13-10-35(5-3-17-55-47(50)51)29-56-39(46(49)65)27-34-8-11-37(58)12-9-34/h14-15,19-20,36-37,39-40,44-45,51,60-61,66H,3-13,16-18,21-35H2,1-2H3,(H2,55,73)(H,58,71)(H,62,72)(H4,56,57,59);8-9,11-12,35-36,39-40,56-58H,1-7,10,13-33H2,(H2,49,65)(H,52,62)(H,53,63)(H,54,64)(H4,50,51,55)/t37-,39+,40+,44-,45-,51-;35-,36-,39+,40+/m01/s1. The van der Waals surface area contributed by atoms with Gasteiger partial charge in [0, 0.05) is 141 Å². The van der Waals surface area contributed by atoms with Crippen molar-refractivity contribution in [3.63, 3.8) is 0 Å². The lowest BCUT2D eigenvalue weighted by Gasteiger charge is -2.25. The van der Waals surface area contributed by atoms with Gasteiger partial charge in [0.15, 0.2) is 23.5 Å². The van der Waals surface area contributed by atoms with Gasteiger partial charge in [0.25, 0.3) is 0 Å². The summed E-state index contributed by atoms with van der Waals surface area (Å²) in [5.41, 5.74) is 36.1. The summed E-state index contributed by atoms with van der Waals surface area (Å²) in [6.45, 7) is 10.3. The highest BCUT2D eigenvalue weighted by atomic mass is 79.9. The molecule has 2 aromatic carbocycles. The smallest absolute Gasteiger partial charge is 0.245 e. The van der Waals surface area contributed by atoms with Crippen molar-refractivity contribution in [3.05, 3.63) is 71.5 Å². The fourth-order valence-corrected chi connectivity index (χ4v) is 17.5. The molecule has 0 aliphatic carbocycles. The molecule has 42 nitrogen and oxygen atoms in total. The molecule has 816 valence electrons. The first-order valence-corrected chi connectivity index (χ1v) is 54.5. The molecule has 3 heterocycles. The van der Waals surface area contributed by atoms with E-state index in [1.165, 1.54) is 23.9 Å². The Morgan fingerprint density at radius 2 is 1.03 bits per heavy atom. The van der Waals surface area contributed by atoms with Gasteiger partial charge >= 0.3 is 0 Å². The lowest BCUT2D eigenvalue weighted by Crippen LogP contribution is -2.45. The zero-order chi connectivity index (χ0) is 106. The van der Waals surface area contributed by atoms with E-state index in [2.05, 4.69) is 100 Å². The molecule has 23 N–H and O–H groups in total. The van der Waals surface area contributed by atoms with Crippen molar-refractivity contribution >= 4 is 137 Å². The number of guanidine groups is 2. The highest BCUT2D eigenvalue weighted by Crippen LogP contribution is 2.25. The van der Waals surface area contributed by atoms with Crippen LogP contribution in [0.15, 0.2) is 64.7 Å². The van der Waals surface area contributed by atoms with Crippen LogP contribution in [-0.4, -0.2) is 316 Å². The molecule has 3 aromatic rings. The summed E-state index contributed by atoms with van der Waals surface area (Å²) in [5, 5.41) is 56.1. The number of rotatable bonds is 62. The summed E-state index contributed by atoms with van der Waals surface area (Å²) in [5.74, 6) is -3.41. The van der Waals surface area contributed by atoms with Gasteiger partial charge in [0.1, 0.15) is 47.0 Å². The van der Waals surface area contributed by atoms with E-state index in [0.717, 1.165) is 11.1 Å². The zero-order valence-electron chi connectivity index (χ0n) is 84.9. The number of aryl methyl sites for hydroxylation is 2. The van der Waals surface area contributed by atoms with E-state index in [9.17, 15) is 77.3 Å². The minimum absolute atomic E-state index is 0.0173. The van der Waals surface area contributed by atoms with E-state index in [1.54, 1.807) is 41.1 Å². The summed E-state index contributed by atoms with van der Waals surface area (Å²) >= 11 is 7.55. The maximum absolute atomic E-state index is 14.3. The Bertz CT molecular complexity index is 4330. The average molecular weight is 2190 g/mol. The number of aromatic hydroxyl groups is 2. The van der Waals surface area contributed by atoms with Crippen molar-refractivity contribution in [2.75, 3.05) is 167 Å². The predicted octanol–water partition coefficient (Wildman–Crippen LogP) is 3.68. The van der Waals surface area contributed by atoms with Crippen molar-refractivity contribution in [2.45, 2.75) is 250 Å². The highest BCUT2D eigenvalue weighted by Gasteiger charge is 2.32. The number of hydrogen-bond donors (Lipinski definition) is 17. The fourth-order valence-electron chi connectivity index (χ4n) is 16.0. The van der Waals surface area contributed by atoms with E-state index < -0.39 is 53.9 Å². The average Bonchev–Trinajstić information content (AvgIpc) is 1.44. The quantitative estimate of drug-likeness (QED) is 0.0166. The molecular formula is C100H164Br2N20O22S. The monoisotopic (exact) mass is 2190 g/mol. The van der Waals surface area contributed by atoms with Crippen molar-refractivity contribution in [2.24, 2.45) is 74.0 Å². The topological polar surface area (TPSA) is 655 Å². The number of aliphatic imine (C=N–C) groups is 2. The molecule has 0 saturated carbocycles. The molecule has 1 fully saturated rings. The molecule has 145 heavy (non-hydrogen) atoms. The van der Waals surface area contributed by atoms with Gasteiger partial charge in [-0.1, -0.05) is 94.4 Å². The number of ether oxygens (including phenoxy) is 6. The number of nitrogens with one attached hydrogen (secondary N) is 9. The number of alkyl halides is 2. The lowest BCUT2D eigenvalue weighted by molar-refractivity contribution is -0.129. The molecule has 2 aliphatic heterocycles. The van der Waals surface area contributed by atoms with Crippen LogP contribution in [0.2, 0.25) is 0 Å². The number of fused-ring (bicyclic) bond motifs is 2. The predicted molar refractivity (Wildman–Crippen MR) is 561 cm³/mol. The summed E-state index contributed by atoms with van der Waals surface area (Å²) in [7, 11) is 0. The van der Waals surface area contributed by atoms with Crippen molar-refractivity contribution in [3.8, 4) is 11.5 Å². The third-order valence-electron chi connectivity index (χ3n) is 24.7. The van der Waals surface area contributed by atoms with Gasteiger partial charge in [0.05, 0.1) is 125 Å². The summed E-state index contributed by atoms with van der Waals surface area (Å²) in [6, 6.07) is 9.52. The summed E-state index contributed by atoms with van der Waals surface area (Å²) < 4.78 is 34.6. The maximum Gasteiger partial charge on any atom is 0.245 e. The Balaban J connectivity index is 0.000000606. The number of unbranched alkanes of at least 4 members (excludes halogenated alkanes) is 2. The minimum Gasteiger partial charge on any atom is -0.508 e. The summed E-state index contributed by atoms with van der Waals surface area (Å²) in [4.78, 5) is 190. The second kappa shape index (κ2) is 79.7. The van der Waals surface area contributed by atoms with E-state index in [4.69, 9.17) is 62.8 Å². The Labute approximate surface area is 874 Å². The molecule has 0 spiro atoms. The van der Waals surface area contributed by atoms with Gasteiger partial charge in [0.2, 0.25) is 41.4 Å². The van der Waals surface area contributed by atoms with Gasteiger partial charge in [-0.15, -0.1) is 16.9 Å². The normalized spacial score (nSPS) is 18.3. The second-order valence-electron chi connectivity index (χ2n) is 36.6. The number of halogens is 2. The number of amides is 7. The number of carbonyl (C=O) groups excluding carboxylic acids is 14. The molecule has 2 bridgehead atoms. The minimum atomic E-state index is -0.771. The Hall–Kier alpha value is -9.39. The third kappa shape index (κ3) is 63.2. The number of hydrogen-bond acceptors (Lipinski definition) is 31. The summed E-state index contributed by atoms with van der Waals surface area (Å²) in [6.07, 6.45) is 15.7. The first-order valence-electron chi connectivity index (χ1n) is 51.1. The van der Waals surface area contributed by atoms with Gasteiger partial charge in [-0.2, -0.15) is 0 Å². The highest BCUT2D eigenvalue weighted by molar-refractivity contribution is 9.09. The third-order valence-corrected chi connectivity index (χ3v) is 27.0. The Morgan fingerprint density at radius 1 is 0.538 bits per heavy atom. The van der Waals surface area contributed by atoms with Crippen molar-refractivity contribution in [1.29, 1.82) is 0 Å². The van der Waals surface area contributed by atoms with Crippen molar-refractivity contribution < 1.29 is 106 Å². The number of benzene rings is 2. The molecule has 10 atom stereocenters. The molecule has 2 aliphatic rings. The van der Waals surface area contributed by atoms with Gasteiger partial charge in [-0.05, 0) is 188 Å². The van der Waals surface area contributed by atoms with E-state index in [-0.39, 0.29) is 233 Å². The first kappa shape index (κ1) is 128. The van der Waals surface area contributed by atoms with Gasteiger partial charge in [-0.25, -0.2) is 0 Å².